The third-order valence-electron chi connectivity index (χ3n) is 6.64. The van der Waals surface area contributed by atoms with Crippen molar-refractivity contribution in [3.8, 4) is 0 Å². The van der Waals surface area contributed by atoms with Gasteiger partial charge in [0.05, 0.1) is 17.7 Å². The summed E-state index contributed by atoms with van der Waals surface area (Å²) in [6.45, 7) is 5.48. The number of fused-ring (bicyclic) bond motifs is 1. The predicted octanol–water partition coefficient (Wildman–Crippen LogP) is 3.03. The zero-order valence-corrected chi connectivity index (χ0v) is 19.5. The fourth-order valence-electron chi connectivity index (χ4n) is 4.62. The Balaban J connectivity index is 1.08. The van der Waals surface area contributed by atoms with Gasteiger partial charge < -0.3 is 10.2 Å². The summed E-state index contributed by atoms with van der Waals surface area (Å²) in [7, 11) is 0. The quantitative estimate of drug-likeness (QED) is 0.540. The lowest BCUT2D eigenvalue weighted by Crippen LogP contribution is -2.48. The van der Waals surface area contributed by atoms with Crippen LogP contribution in [0.15, 0.2) is 78.9 Å². The van der Waals surface area contributed by atoms with E-state index in [1.54, 1.807) is 48.5 Å². The van der Waals surface area contributed by atoms with E-state index in [1.165, 1.54) is 10.6 Å². The van der Waals surface area contributed by atoms with Gasteiger partial charge in [0.1, 0.15) is 0 Å². The van der Waals surface area contributed by atoms with Crippen LogP contribution in [0.1, 0.15) is 36.6 Å². The van der Waals surface area contributed by atoms with Crippen molar-refractivity contribution in [1.29, 1.82) is 0 Å². The first-order valence-electron chi connectivity index (χ1n) is 11.9. The van der Waals surface area contributed by atoms with E-state index in [0.29, 0.717) is 23.2 Å². The second-order valence-corrected chi connectivity index (χ2v) is 8.86. The first-order chi connectivity index (χ1) is 17.1. The maximum absolute atomic E-state index is 12.6. The number of imide groups is 1. The fourth-order valence-corrected chi connectivity index (χ4v) is 4.62. The smallest absolute Gasteiger partial charge is 0.261 e. The Morgan fingerprint density at radius 1 is 0.743 bits per heavy atom. The molecule has 2 aliphatic rings. The van der Waals surface area contributed by atoms with Gasteiger partial charge in [0.25, 0.3) is 17.7 Å². The number of nitrogens with zero attached hydrogens (tertiary/aromatic N) is 3. The van der Waals surface area contributed by atoms with Crippen LogP contribution in [0.3, 0.4) is 0 Å². The minimum absolute atomic E-state index is 0.125. The molecule has 0 unspecified atom stereocenters. The lowest BCUT2D eigenvalue weighted by molar-refractivity contribution is 0.0641. The van der Waals surface area contributed by atoms with Gasteiger partial charge >= 0.3 is 0 Å². The number of hydrogen-bond donors (Lipinski definition) is 1. The van der Waals surface area contributed by atoms with Crippen LogP contribution in [0.5, 0.6) is 0 Å². The van der Waals surface area contributed by atoms with Crippen LogP contribution in [0.25, 0.3) is 0 Å². The summed E-state index contributed by atoms with van der Waals surface area (Å²) >= 11 is 0. The van der Waals surface area contributed by atoms with Crippen molar-refractivity contribution in [3.05, 3.63) is 101 Å². The van der Waals surface area contributed by atoms with Gasteiger partial charge in [0.2, 0.25) is 0 Å². The van der Waals surface area contributed by atoms with Crippen molar-refractivity contribution in [2.75, 3.05) is 44.2 Å². The van der Waals surface area contributed by atoms with E-state index in [4.69, 9.17) is 0 Å². The molecular formula is C28H28N4O3. The first kappa shape index (κ1) is 22.8. The molecule has 0 spiro atoms. The predicted molar refractivity (Wildman–Crippen MR) is 135 cm³/mol. The number of piperazine rings is 1. The van der Waals surface area contributed by atoms with E-state index in [2.05, 4.69) is 39.4 Å². The largest absolute Gasteiger partial charge is 0.369 e. The van der Waals surface area contributed by atoms with Crippen LogP contribution < -0.4 is 10.2 Å². The molecule has 2 heterocycles. The van der Waals surface area contributed by atoms with Crippen LogP contribution in [0, 0.1) is 0 Å². The highest BCUT2D eigenvalue weighted by atomic mass is 16.2. The molecule has 7 heteroatoms. The first-order valence-corrected chi connectivity index (χ1v) is 11.9. The van der Waals surface area contributed by atoms with Gasteiger partial charge in [0.15, 0.2) is 0 Å². The Bertz CT molecular complexity index is 1180. The van der Waals surface area contributed by atoms with E-state index < -0.39 is 0 Å². The molecular weight excluding hydrogens is 440 g/mol. The molecule has 0 radical (unpaired) electrons. The summed E-state index contributed by atoms with van der Waals surface area (Å²) in [5.74, 6) is -0.686. The molecule has 5 rings (SSSR count). The summed E-state index contributed by atoms with van der Waals surface area (Å²) < 4.78 is 0. The highest BCUT2D eigenvalue weighted by Crippen LogP contribution is 2.24. The summed E-state index contributed by atoms with van der Waals surface area (Å²) in [6, 6.07) is 24.4. The highest BCUT2D eigenvalue weighted by Gasteiger charge is 2.34. The molecule has 0 bridgehead atoms. The number of carbonyl (C=O) groups excluding carboxylic acids is 3. The Hall–Kier alpha value is -3.97. The van der Waals surface area contributed by atoms with Gasteiger partial charge in [-0.3, -0.25) is 24.2 Å². The van der Waals surface area contributed by atoms with Gasteiger partial charge in [-0.2, -0.15) is 0 Å². The number of para-hydroxylation sites is 1. The lowest BCUT2D eigenvalue weighted by Gasteiger charge is -2.36. The number of anilines is 1. The summed E-state index contributed by atoms with van der Waals surface area (Å²) in [4.78, 5) is 43.7. The molecule has 35 heavy (non-hydrogen) atoms. The van der Waals surface area contributed by atoms with Crippen molar-refractivity contribution in [2.24, 2.45) is 0 Å². The third kappa shape index (κ3) is 4.95. The van der Waals surface area contributed by atoms with Crippen molar-refractivity contribution in [3.63, 3.8) is 0 Å². The monoisotopic (exact) mass is 468 g/mol. The molecule has 1 N–H and O–H groups in total. The normalized spacial score (nSPS) is 15.9. The lowest BCUT2D eigenvalue weighted by atomic mass is 10.1. The minimum atomic E-state index is -0.281. The van der Waals surface area contributed by atoms with Crippen LogP contribution in [-0.4, -0.2) is 66.8 Å². The zero-order chi connectivity index (χ0) is 24.2. The number of nitrogens with one attached hydrogen (secondary N) is 1. The molecule has 0 saturated carbocycles. The van der Waals surface area contributed by atoms with E-state index in [0.717, 1.165) is 38.3 Å². The van der Waals surface area contributed by atoms with Crippen LogP contribution >= 0.6 is 0 Å². The zero-order valence-electron chi connectivity index (χ0n) is 19.5. The summed E-state index contributed by atoms with van der Waals surface area (Å²) in [5, 5.41) is 2.99. The maximum atomic E-state index is 12.6. The molecule has 3 aromatic carbocycles. The van der Waals surface area contributed by atoms with Gasteiger partial charge in [0, 0.05) is 50.5 Å². The second kappa shape index (κ2) is 10.1. The van der Waals surface area contributed by atoms with Crippen molar-refractivity contribution in [2.45, 2.75) is 6.54 Å². The second-order valence-electron chi connectivity index (χ2n) is 8.86. The van der Waals surface area contributed by atoms with Gasteiger partial charge in [-0.15, -0.1) is 0 Å². The standard InChI is InChI=1S/C28H28N4O3/c33-26(29-14-15-30-16-18-31(19-17-30)23-6-2-1-3-7-23)22-12-10-21(11-13-22)20-32-27(34)24-8-4-5-9-25(24)28(32)35/h1-13H,14-20H2,(H,29,33). The average molecular weight is 469 g/mol. The summed E-state index contributed by atoms with van der Waals surface area (Å²) in [5.41, 5.74) is 3.49. The third-order valence-corrected chi connectivity index (χ3v) is 6.64. The van der Waals surface area contributed by atoms with Crippen molar-refractivity contribution in [1.82, 2.24) is 15.1 Å². The van der Waals surface area contributed by atoms with Crippen molar-refractivity contribution >= 4 is 23.4 Å². The SMILES string of the molecule is O=C(NCCN1CCN(c2ccccc2)CC1)c1ccc(CN2C(=O)c3ccccc3C2=O)cc1. The molecule has 7 nitrogen and oxygen atoms in total. The average Bonchev–Trinajstić information content (AvgIpc) is 3.15. The number of amides is 3. The van der Waals surface area contributed by atoms with E-state index in [9.17, 15) is 14.4 Å². The molecule has 0 atom stereocenters. The van der Waals surface area contributed by atoms with Crippen LogP contribution in [-0.2, 0) is 6.54 Å². The van der Waals surface area contributed by atoms with Gasteiger partial charge in [-0.05, 0) is 42.0 Å². The number of benzene rings is 3. The Labute approximate surface area is 204 Å². The topological polar surface area (TPSA) is 73.0 Å². The molecule has 3 amide bonds. The highest BCUT2D eigenvalue weighted by molar-refractivity contribution is 6.21. The van der Waals surface area contributed by atoms with E-state index in [1.807, 2.05) is 6.07 Å². The molecule has 178 valence electrons. The molecule has 0 aliphatic carbocycles. The number of carbonyl (C=O) groups is 3. The number of hydrogen-bond acceptors (Lipinski definition) is 5. The minimum Gasteiger partial charge on any atom is -0.369 e. The number of rotatable bonds is 7. The van der Waals surface area contributed by atoms with Crippen LogP contribution in [0.4, 0.5) is 5.69 Å². The van der Waals surface area contributed by atoms with Gasteiger partial charge in [-0.1, -0.05) is 42.5 Å². The molecule has 0 aromatic heterocycles. The summed E-state index contributed by atoms with van der Waals surface area (Å²) in [6.07, 6.45) is 0. The van der Waals surface area contributed by atoms with E-state index >= 15 is 0 Å². The molecule has 2 aliphatic heterocycles. The molecule has 1 fully saturated rings. The van der Waals surface area contributed by atoms with Crippen molar-refractivity contribution < 1.29 is 14.4 Å². The Kier molecular flexibility index (Phi) is 6.59. The fraction of sp³-hybridized carbons (Fsp3) is 0.250. The molecule has 3 aromatic rings. The van der Waals surface area contributed by atoms with E-state index in [-0.39, 0.29) is 24.3 Å². The Morgan fingerprint density at radius 2 is 1.34 bits per heavy atom. The van der Waals surface area contributed by atoms with Gasteiger partial charge in [-0.25, -0.2) is 0 Å². The molecule has 1 saturated heterocycles. The maximum Gasteiger partial charge on any atom is 0.261 e. The van der Waals surface area contributed by atoms with Crippen LogP contribution in [0.2, 0.25) is 0 Å². The Morgan fingerprint density at radius 3 is 1.97 bits per heavy atom.